The maximum Gasteiger partial charge on any atom is 0.170 e. The maximum absolute atomic E-state index is 8.66. The molecule has 110 valence electrons. The second-order valence-corrected chi connectivity index (χ2v) is 5.35. The molecule has 0 fully saturated rings. The zero-order valence-electron chi connectivity index (χ0n) is 12.0. The second-order valence-electron chi connectivity index (χ2n) is 4.94. The molecule has 4 N–H and O–H groups in total. The van der Waals surface area contributed by atoms with Crippen LogP contribution < -0.4 is 11.1 Å². The van der Waals surface area contributed by atoms with E-state index in [4.69, 9.17) is 22.5 Å². The van der Waals surface area contributed by atoms with Crippen LogP contribution in [0.2, 0.25) is 5.02 Å². The Bertz CT molecular complexity index is 683. The highest BCUT2D eigenvalue weighted by atomic mass is 35.5. The van der Waals surface area contributed by atoms with Gasteiger partial charge in [0.05, 0.1) is 0 Å². The van der Waals surface area contributed by atoms with E-state index in [0.717, 1.165) is 11.3 Å². The lowest BCUT2D eigenvalue weighted by Gasteiger charge is -2.11. The van der Waals surface area contributed by atoms with Crippen molar-refractivity contribution in [3.8, 4) is 0 Å². The van der Waals surface area contributed by atoms with E-state index in [0.29, 0.717) is 17.1 Å². The molecule has 21 heavy (non-hydrogen) atoms. The quantitative estimate of drug-likeness (QED) is 0.349. The Balaban J connectivity index is 2.11. The minimum Gasteiger partial charge on any atom is -0.409 e. The molecule has 5 heteroatoms. The van der Waals surface area contributed by atoms with Gasteiger partial charge in [-0.05, 0) is 48.7 Å². The summed E-state index contributed by atoms with van der Waals surface area (Å²) < 4.78 is 0. The average Bonchev–Trinajstić information content (AvgIpc) is 2.48. The van der Waals surface area contributed by atoms with Crippen molar-refractivity contribution in [2.24, 2.45) is 10.9 Å². The molecule has 0 unspecified atom stereocenters. The molecule has 0 heterocycles. The van der Waals surface area contributed by atoms with Crippen LogP contribution in [0.1, 0.15) is 22.3 Å². The molecular formula is C16H18ClN3O. The number of nitrogens with two attached hydrogens (primary N) is 1. The van der Waals surface area contributed by atoms with Gasteiger partial charge < -0.3 is 16.3 Å². The van der Waals surface area contributed by atoms with Crippen molar-refractivity contribution in [1.29, 1.82) is 0 Å². The smallest absolute Gasteiger partial charge is 0.170 e. The zero-order chi connectivity index (χ0) is 15.4. The Labute approximate surface area is 129 Å². The van der Waals surface area contributed by atoms with Crippen LogP contribution in [0.15, 0.2) is 41.6 Å². The summed E-state index contributed by atoms with van der Waals surface area (Å²) in [5.41, 5.74) is 10.6. The summed E-state index contributed by atoms with van der Waals surface area (Å²) in [4.78, 5) is 0. The topological polar surface area (TPSA) is 70.6 Å². The minimum absolute atomic E-state index is 0.0468. The Morgan fingerprint density at radius 3 is 2.57 bits per heavy atom. The van der Waals surface area contributed by atoms with Gasteiger partial charge in [-0.15, -0.1) is 0 Å². The van der Waals surface area contributed by atoms with Gasteiger partial charge in [-0.2, -0.15) is 0 Å². The number of aryl methyl sites for hydroxylation is 2. The van der Waals surface area contributed by atoms with Crippen molar-refractivity contribution < 1.29 is 5.21 Å². The van der Waals surface area contributed by atoms with Gasteiger partial charge in [0.15, 0.2) is 5.84 Å². The van der Waals surface area contributed by atoms with Crippen LogP contribution in [0.25, 0.3) is 0 Å². The number of anilines is 1. The number of benzene rings is 2. The Kier molecular flexibility index (Phi) is 4.70. The minimum atomic E-state index is 0.0468. The Hall–Kier alpha value is -2.20. The maximum atomic E-state index is 8.66. The first-order valence-electron chi connectivity index (χ1n) is 6.58. The molecule has 2 rings (SSSR count). The van der Waals surface area contributed by atoms with Crippen LogP contribution in [0.4, 0.5) is 5.69 Å². The summed E-state index contributed by atoms with van der Waals surface area (Å²) in [6.45, 7) is 4.78. The number of hydrogen-bond donors (Lipinski definition) is 3. The lowest BCUT2D eigenvalue weighted by atomic mass is 10.1. The molecule has 0 saturated heterocycles. The summed E-state index contributed by atoms with van der Waals surface area (Å²) in [5, 5.41) is 15.5. The first kappa shape index (κ1) is 15.2. The molecule has 0 aromatic heterocycles. The number of amidine groups is 1. The van der Waals surface area contributed by atoms with Gasteiger partial charge in [0.25, 0.3) is 0 Å². The third-order valence-electron chi connectivity index (χ3n) is 3.45. The molecular weight excluding hydrogens is 286 g/mol. The summed E-state index contributed by atoms with van der Waals surface area (Å²) >= 11 is 6.22. The van der Waals surface area contributed by atoms with Crippen LogP contribution in [0.3, 0.4) is 0 Å². The predicted molar refractivity (Wildman–Crippen MR) is 87.2 cm³/mol. The highest BCUT2D eigenvalue weighted by Gasteiger charge is 2.05. The van der Waals surface area contributed by atoms with Crippen molar-refractivity contribution in [3.05, 3.63) is 63.7 Å². The first-order valence-corrected chi connectivity index (χ1v) is 6.96. The number of nitrogens with zero attached hydrogens (tertiary/aromatic N) is 1. The molecule has 0 spiro atoms. The van der Waals surface area contributed by atoms with Gasteiger partial charge in [-0.1, -0.05) is 35.0 Å². The molecule has 0 aliphatic heterocycles. The fourth-order valence-electron chi connectivity index (χ4n) is 1.96. The van der Waals surface area contributed by atoms with Crippen molar-refractivity contribution in [2.75, 3.05) is 5.32 Å². The SMILES string of the molecule is Cc1ccc(NCc2ccc(/C(N)=N/O)cc2Cl)cc1C. The molecule has 2 aromatic carbocycles. The van der Waals surface area contributed by atoms with Gasteiger partial charge in [-0.3, -0.25) is 0 Å². The largest absolute Gasteiger partial charge is 0.409 e. The fraction of sp³-hybridized carbons (Fsp3) is 0.188. The van der Waals surface area contributed by atoms with Gasteiger partial charge in [0.1, 0.15) is 0 Å². The number of nitrogens with one attached hydrogen (secondary N) is 1. The third-order valence-corrected chi connectivity index (χ3v) is 3.80. The molecule has 0 amide bonds. The van der Waals surface area contributed by atoms with Gasteiger partial charge in [0, 0.05) is 22.8 Å². The van der Waals surface area contributed by atoms with Gasteiger partial charge in [0.2, 0.25) is 0 Å². The number of oxime groups is 1. The lowest BCUT2D eigenvalue weighted by molar-refractivity contribution is 0.318. The predicted octanol–water partition coefficient (Wildman–Crippen LogP) is 3.66. The number of rotatable bonds is 4. The van der Waals surface area contributed by atoms with Crippen molar-refractivity contribution in [3.63, 3.8) is 0 Å². The Morgan fingerprint density at radius 1 is 1.19 bits per heavy atom. The molecule has 0 atom stereocenters. The lowest BCUT2D eigenvalue weighted by Crippen LogP contribution is -2.13. The molecule has 2 aromatic rings. The van der Waals surface area contributed by atoms with E-state index in [9.17, 15) is 0 Å². The van der Waals surface area contributed by atoms with Crippen LogP contribution in [-0.4, -0.2) is 11.0 Å². The van der Waals surface area contributed by atoms with Gasteiger partial charge >= 0.3 is 0 Å². The molecule has 0 aliphatic rings. The molecule has 0 saturated carbocycles. The van der Waals surface area contributed by atoms with E-state index >= 15 is 0 Å². The summed E-state index contributed by atoms with van der Waals surface area (Å²) in [5.74, 6) is 0.0468. The standard InChI is InChI=1S/C16H18ClN3O/c1-10-3-6-14(7-11(10)2)19-9-13-5-4-12(8-15(13)17)16(18)20-21/h3-8,19,21H,9H2,1-2H3,(H2,18,20). The monoisotopic (exact) mass is 303 g/mol. The van der Waals surface area contributed by atoms with Crippen molar-refractivity contribution in [1.82, 2.24) is 0 Å². The third kappa shape index (κ3) is 3.67. The van der Waals surface area contributed by atoms with E-state index in [1.165, 1.54) is 11.1 Å². The van der Waals surface area contributed by atoms with Crippen LogP contribution in [0.5, 0.6) is 0 Å². The van der Waals surface area contributed by atoms with Crippen LogP contribution in [-0.2, 0) is 6.54 Å². The van der Waals surface area contributed by atoms with E-state index in [2.05, 4.69) is 36.5 Å². The number of hydrogen-bond acceptors (Lipinski definition) is 3. The summed E-state index contributed by atoms with van der Waals surface area (Å²) in [6, 6.07) is 11.6. The average molecular weight is 304 g/mol. The highest BCUT2D eigenvalue weighted by molar-refractivity contribution is 6.31. The normalized spacial score (nSPS) is 11.5. The molecule has 0 aliphatic carbocycles. The summed E-state index contributed by atoms with van der Waals surface area (Å²) in [6.07, 6.45) is 0. The van der Waals surface area contributed by atoms with E-state index < -0.39 is 0 Å². The van der Waals surface area contributed by atoms with Crippen molar-refractivity contribution >= 4 is 23.1 Å². The molecule has 0 bridgehead atoms. The molecule has 0 radical (unpaired) electrons. The first-order chi connectivity index (χ1) is 10.0. The van der Waals surface area contributed by atoms with E-state index in [-0.39, 0.29) is 5.84 Å². The van der Waals surface area contributed by atoms with E-state index in [1.54, 1.807) is 12.1 Å². The van der Waals surface area contributed by atoms with E-state index in [1.807, 2.05) is 12.1 Å². The zero-order valence-corrected chi connectivity index (χ0v) is 12.8. The van der Waals surface area contributed by atoms with Crippen molar-refractivity contribution in [2.45, 2.75) is 20.4 Å². The van der Waals surface area contributed by atoms with Crippen LogP contribution in [0, 0.1) is 13.8 Å². The number of halogens is 1. The molecule has 4 nitrogen and oxygen atoms in total. The Morgan fingerprint density at radius 2 is 1.95 bits per heavy atom. The fourth-order valence-corrected chi connectivity index (χ4v) is 2.20. The summed E-state index contributed by atoms with van der Waals surface area (Å²) in [7, 11) is 0. The second kappa shape index (κ2) is 6.50. The van der Waals surface area contributed by atoms with Crippen LogP contribution >= 0.6 is 11.6 Å². The highest BCUT2D eigenvalue weighted by Crippen LogP contribution is 2.20. The van der Waals surface area contributed by atoms with Gasteiger partial charge in [-0.25, -0.2) is 0 Å².